The molecule has 1 aliphatic carbocycles. The number of ether oxygens (including phenoxy) is 1. The van der Waals surface area contributed by atoms with Gasteiger partial charge in [-0.25, -0.2) is 0 Å². The summed E-state index contributed by atoms with van der Waals surface area (Å²) in [4.78, 5) is 0. The van der Waals surface area contributed by atoms with Gasteiger partial charge in [0.05, 0.1) is 11.6 Å². The molecular weight excluding hydrogens is 344 g/mol. The fourth-order valence-corrected chi connectivity index (χ4v) is 3.57. The molecule has 19 heavy (non-hydrogen) atoms. The Hall–Kier alpha value is 0.140. The molecule has 4 heteroatoms. The van der Waals surface area contributed by atoms with E-state index in [4.69, 9.17) is 16.3 Å². The van der Waals surface area contributed by atoms with Crippen LogP contribution in [0.15, 0.2) is 22.7 Å². The van der Waals surface area contributed by atoms with Gasteiger partial charge in [0.2, 0.25) is 0 Å². The van der Waals surface area contributed by atoms with Gasteiger partial charge in [0.25, 0.3) is 0 Å². The lowest BCUT2D eigenvalue weighted by Crippen LogP contribution is -2.30. The number of thiol groups is 1. The molecule has 0 aromatic heterocycles. The van der Waals surface area contributed by atoms with Crippen molar-refractivity contribution in [2.24, 2.45) is 5.41 Å². The summed E-state index contributed by atoms with van der Waals surface area (Å²) in [5.74, 6) is 1.65. The van der Waals surface area contributed by atoms with Crippen molar-refractivity contribution in [3.05, 3.63) is 27.7 Å². The molecular formula is C15H20BrClOS. The fraction of sp³-hybridized carbons (Fsp3) is 0.600. The van der Waals surface area contributed by atoms with Gasteiger partial charge >= 0.3 is 0 Å². The first-order valence-electron chi connectivity index (χ1n) is 6.84. The minimum absolute atomic E-state index is 0.214. The molecule has 0 N–H and O–H groups in total. The smallest absolute Gasteiger partial charge is 0.139 e. The summed E-state index contributed by atoms with van der Waals surface area (Å²) in [6.07, 6.45) is 7.68. The van der Waals surface area contributed by atoms with Crippen LogP contribution in [-0.2, 0) is 0 Å². The summed E-state index contributed by atoms with van der Waals surface area (Å²) in [5, 5.41) is 0.672. The average molecular weight is 364 g/mol. The lowest BCUT2D eigenvalue weighted by atomic mass is 9.83. The Morgan fingerprint density at radius 3 is 2.53 bits per heavy atom. The van der Waals surface area contributed by atoms with Crippen LogP contribution >= 0.6 is 40.2 Å². The van der Waals surface area contributed by atoms with Crippen LogP contribution in [0.5, 0.6) is 5.75 Å². The third kappa shape index (κ3) is 4.30. The highest BCUT2D eigenvalue weighted by atomic mass is 79.9. The van der Waals surface area contributed by atoms with E-state index in [9.17, 15) is 0 Å². The Morgan fingerprint density at radius 1 is 1.21 bits per heavy atom. The Bertz CT molecular complexity index is 417. The van der Waals surface area contributed by atoms with Gasteiger partial charge < -0.3 is 4.74 Å². The molecule has 0 amide bonds. The topological polar surface area (TPSA) is 9.23 Å². The Labute approximate surface area is 134 Å². The third-order valence-electron chi connectivity index (χ3n) is 3.93. The fourth-order valence-electron chi connectivity index (χ4n) is 2.65. The van der Waals surface area contributed by atoms with Crippen LogP contribution in [0.2, 0.25) is 5.02 Å². The van der Waals surface area contributed by atoms with Crippen molar-refractivity contribution in [1.29, 1.82) is 0 Å². The van der Waals surface area contributed by atoms with Gasteiger partial charge in [-0.3, -0.25) is 0 Å². The van der Waals surface area contributed by atoms with Crippen molar-refractivity contribution in [3.8, 4) is 5.75 Å². The second-order valence-electron chi connectivity index (χ2n) is 5.44. The normalized spacial score (nSPS) is 18.9. The summed E-state index contributed by atoms with van der Waals surface area (Å²) >= 11 is 14.2. The van der Waals surface area contributed by atoms with E-state index < -0.39 is 0 Å². The van der Waals surface area contributed by atoms with Crippen LogP contribution in [0.1, 0.15) is 38.5 Å². The maximum atomic E-state index is 6.17. The van der Waals surface area contributed by atoms with Crippen molar-refractivity contribution in [3.63, 3.8) is 0 Å². The van der Waals surface area contributed by atoms with Crippen molar-refractivity contribution < 1.29 is 4.74 Å². The first kappa shape index (κ1) is 15.5. The Balaban J connectivity index is 2.04. The van der Waals surface area contributed by atoms with Crippen molar-refractivity contribution >= 4 is 40.2 Å². The number of rotatable bonds is 4. The zero-order valence-corrected chi connectivity index (χ0v) is 14.2. The van der Waals surface area contributed by atoms with E-state index in [0.29, 0.717) is 11.6 Å². The monoisotopic (exact) mass is 362 g/mol. The van der Waals surface area contributed by atoms with Crippen LogP contribution in [0, 0.1) is 5.41 Å². The Morgan fingerprint density at radius 2 is 1.89 bits per heavy atom. The molecule has 1 fully saturated rings. The maximum Gasteiger partial charge on any atom is 0.139 e. The van der Waals surface area contributed by atoms with E-state index in [1.54, 1.807) is 0 Å². The van der Waals surface area contributed by atoms with Crippen LogP contribution in [0.3, 0.4) is 0 Å². The van der Waals surface area contributed by atoms with Gasteiger partial charge in [-0.2, -0.15) is 12.6 Å². The van der Waals surface area contributed by atoms with Gasteiger partial charge in [-0.05, 0) is 36.8 Å². The molecule has 0 radical (unpaired) electrons. The molecule has 0 spiro atoms. The molecule has 1 nitrogen and oxygen atoms in total. The summed E-state index contributed by atoms with van der Waals surface area (Å²) in [5.41, 5.74) is 0.214. The van der Waals surface area contributed by atoms with Crippen LogP contribution in [0.4, 0.5) is 0 Å². The zero-order chi connectivity index (χ0) is 13.7. The molecule has 1 aromatic carbocycles. The second kappa shape index (κ2) is 7.24. The molecule has 1 aliphatic rings. The van der Waals surface area contributed by atoms with E-state index in [0.717, 1.165) is 16.0 Å². The molecule has 0 atom stereocenters. The van der Waals surface area contributed by atoms with E-state index >= 15 is 0 Å². The molecule has 0 saturated heterocycles. The van der Waals surface area contributed by atoms with E-state index in [1.807, 2.05) is 18.2 Å². The highest BCUT2D eigenvalue weighted by molar-refractivity contribution is 9.10. The number of hydrogen-bond acceptors (Lipinski definition) is 2. The minimum Gasteiger partial charge on any atom is -0.491 e. The van der Waals surface area contributed by atoms with Gasteiger partial charge in [0.15, 0.2) is 0 Å². The molecule has 0 unspecified atom stereocenters. The second-order valence-corrected chi connectivity index (χ2v) is 7.07. The molecule has 0 aliphatic heterocycles. The molecule has 0 heterocycles. The van der Waals surface area contributed by atoms with Gasteiger partial charge in [0, 0.05) is 9.89 Å². The van der Waals surface area contributed by atoms with Gasteiger partial charge in [0.1, 0.15) is 5.75 Å². The largest absolute Gasteiger partial charge is 0.491 e. The van der Waals surface area contributed by atoms with Crippen LogP contribution < -0.4 is 4.74 Å². The van der Waals surface area contributed by atoms with E-state index in [2.05, 4.69) is 28.6 Å². The first-order valence-corrected chi connectivity index (χ1v) is 8.64. The molecule has 1 aromatic rings. The number of halogens is 2. The van der Waals surface area contributed by atoms with E-state index in [1.165, 1.54) is 38.5 Å². The summed E-state index contributed by atoms with van der Waals surface area (Å²) < 4.78 is 6.99. The number of benzene rings is 1. The van der Waals surface area contributed by atoms with Crippen LogP contribution in [0.25, 0.3) is 0 Å². The quantitative estimate of drug-likeness (QED) is 0.529. The summed E-state index contributed by atoms with van der Waals surface area (Å²) in [6.45, 7) is 0.715. The maximum absolute atomic E-state index is 6.17. The van der Waals surface area contributed by atoms with Crippen molar-refractivity contribution in [2.75, 3.05) is 12.4 Å². The summed E-state index contributed by atoms with van der Waals surface area (Å²) in [6, 6.07) is 5.72. The highest BCUT2D eigenvalue weighted by Crippen LogP contribution is 2.38. The number of hydrogen-bond donors (Lipinski definition) is 1. The highest BCUT2D eigenvalue weighted by Gasteiger charge is 2.30. The minimum atomic E-state index is 0.214. The van der Waals surface area contributed by atoms with Crippen molar-refractivity contribution in [1.82, 2.24) is 0 Å². The third-order valence-corrected chi connectivity index (χ3v) is 5.40. The van der Waals surface area contributed by atoms with Crippen molar-refractivity contribution in [2.45, 2.75) is 38.5 Å². The predicted octanol–water partition coefficient (Wildman–Crippen LogP) is 5.75. The lowest BCUT2D eigenvalue weighted by molar-refractivity contribution is 0.148. The Kier molecular flexibility index (Phi) is 5.91. The van der Waals surface area contributed by atoms with Gasteiger partial charge in [-0.15, -0.1) is 0 Å². The van der Waals surface area contributed by atoms with Crippen LogP contribution in [-0.4, -0.2) is 12.4 Å². The SMILES string of the molecule is SCC1(COc2cc(Br)ccc2Cl)CCCCCC1. The molecule has 1 saturated carbocycles. The average Bonchev–Trinajstić information content (AvgIpc) is 2.66. The van der Waals surface area contributed by atoms with E-state index in [-0.39, 0.29) is 5.41 Å². The first-order chi connectivity index (χ1) is 9.15. The van der Waals surface area contributed by atoms with Gasteiger partial charge in [-0.1, -0.05) is 53.2 Å². The molecule has 106 valence electrons. The molecule has 0 bridgehead atoms. The zero-order valence-electron chi connectivity index (χ0n) is 11.0. The summed E-state index contributed by atoms with van der Waals surface area (Å²) in [7, 11) is 0. The predicted molar refractivity (Wildman–Crippen MR) is 88.6 cm³/mol. The molecule has 2 rings (SSSR count). The standard InChI is InChI=1S/C15H20BrClOS/c16-12-5-6-13(17)14(9-12)18-10-15(11-19)7-3-1-2-4-8-15/h5-6,9,19H,1-4,7-8,10-11H2. The lowest BCUT2D eigenvalue weighted by Gasteiger charge is -2.31.